The molecule has 1 heteroatoms. The summed E-state index contributed by atoms with van der Waals surface area (Å²) in [5.41, 5.74) is 0.564. The SMILES string of the molecule is CCCC1(C(C)C)CCN1C. The van der Waals surface area contributed by atoms with Crippen LogP contribution < -0.4 is 0 Å². The van der Waals surface area contributed by atoms with Gasteiger partial charge in [-0.2, -0.15) is 0 Å². The van der Waals surface area contributed by atoms with E-state index in [1.807, 2.05) is 0 Å². The zero-order valence-corrected chi connectivity index (χ0v) is 8.35. The smallest absolute Gasteiger partial charge is 0.0241 e. The van der Waals surface area contributed by atoms with E-state index in [0.29, 0.717) is 5.54 Å². The quantitative estimate of drug-likeness (QED) is 0.605. The molecule has 1 aliphatic heterocycles. The maximum atomic E-state index is 2.53. The first-order chi connectivity index (χ1) is 5.13. The number of likely N-dealkylation sites (tertiary alicyclic amines) is 1. The predicted molar refractivity (Wildman–Crippen MR) is 49.7 cm³/mol. The number of hydrogen-bond acceptors (Lipinski definition) is 1. The van der Waals surface area contributed by atoms with E-state index in [9.17, 15) is 0 Å². The van der Waals surface area contributed by atoms with Crippen molar-refractivity contribution < 1.29 is 0 Å². The van der Waals surface area contributed by atoms with Gasteiger partial charge in [0.25, 0.3) is 0 Å². The second-order valence-electron chi connectivity index (χ2n) is 4.18. The van der Waals surface area contributed by atoms with E-state index in [0.717, 1.165) is 5.92 Å². The van der Waals surface area contributed by atoms with Gasteiger partial charge in [-0.1, -0.05) is 27.2 Å². The lowest BCUT2D eigenvalue weighted by Gasteiger charge is -2.54. The lowest BCUT2D eigenvalue weighted by atomic mass is 9.73. The van der Waals surface area contributed by atoms with Gasteiger partial charge in [0.1, 0.15) is 0 Å². The molecule has 0 saturated carbocycles. The van der Waals surface area contributed by atoms with Crippen LogP contribution in [0.15, 0.2) is 0 Å². The van der Waals surface area contributed by atoms with E-state index in [1.54, 1.807) is 0 Å². The van der Waals surface area contributed by atoms with Gasteiger partial charge in [0.2, 0.25) is 0 Å². The molecule has 1 fully saturated rings. The zero-order chi connectivity index (χ0) is 8.48. The fourth-order valence-electron chi connectivity index (χ4n) is 2.39. The van der Waals surface area contributed by atoms with Crippen molar-refractivity contribution in [2.24, 2.45) is 5.92 Å². The zero-order valence-electron chi connectivity index (χ0n) is 8.35. The molecule has 11 heavy (non-hydrogen) atoms. The Balaban J connectivity index is 2.57. The molecular weight excluding hydrogens is 134 g/mol. The number of rotatable bonds is 3. The second kappa shape index (κ2) is 3.14. The fourth-order valence-corrected chi connectivity index (χ4v) is 2.39. The maximum absolute atomic E-state index is 2.53. The number of hydrogen-bond donors (Lipinski definition) is 0. The van der Waals surface area contributed by atoms with E-state index >= 15 is 0 Å². The highest BCUT2D eigenvalue weighted by Gasteiger charge is 2.43. The second-order valence-corrected chi connectivity index (χ2v) is 4.18. The molecule has 0 N–H and O–H groups in total. The Kier molecular flexibility index (Phi) is 2.58. The third kappa shape index (κ3) is 1.31. The first kappa shape index (κ1) is 9.05. The summed E-state index contributed by atoms with van der Waals surface area (Å²) in [6.45, 7) is 8.30. The summed E-state index contributed by atoms with van der Waals surface area (Å²) in [6.07, 6.45) is 4.11. The van der Waals surface area contributed by atoms with Crippen LogP contribution in [0.25, 0.3) is 0 Å². The van der Waals surface area contributed by atoms with Crippen LogP contribution >= 0.6 is 0 Å². The summed E-state index contributed by atoms with van der Waals surface area (Å²) < 4.78 is 0. The monoisotopic (exact) mass is 155 g/mol. The number of nitrogens with zero attached hydrogens (tertiary/aromatic N) is 1. The van der Waals surface area contributed by atoms with Crippen molar-refractivity contribution in [3.8, 4) is 0 Å². The van der Waals surface area contributed by atoms with Gasteiger partial charge in [-0.15, -0.1) is 0 Å². The highest BCUT2D eigenvalue weighted by Crippen LogP contribution is 2.39. The van der Waals surface area contributed by atoms with E-state index in [2.05, 4.69) is 32.7 Å². The Hall–Kier alpha value is -0.0400. The molecule has 1 nitrogen and oxygen atoms in total. The molecule has 0 amide bonds. The van der Waals surface area contributed by atoms with Gasteiger partial charge in [-0.05, 0) is 25.8 Å². The van der Waals surface area contributed by atoms with Gasteiger partial charge >= 0.3 is 0 Å². The average Bonchev–Trinajstić information content (AvgIpc) is 1.96. The minimum Gasteiger partial charge on any atom is -0.300 e. The topological polar surface area (TPSA) is 3.24 Å². The van der Waals surface area contributed by atoms with Crippen LogP contribution in [-0.4, -0.2) is 24.0 Å². The van der Waals surface area contributed by atoms with Crippen molar-refractivity contribution in [1.29, 1.82) is 0 Å². The molecule has 66 valence electrons. The Bertz CT molecular complexity index is 124. The minimum atomic E-state index is 0.564. The molecule has 1 saturated heterocycles. The molecule has 0 aliphatic carbocycles. The third-order valence-electron chi connectivity index (χ3n) is 3.40. The van der Waals surface area contributed by atoms with E-state index in [4.69, 9.17) is 0 Å². The van der Waals surface area contributed by atoms with Gasteiger partial charge in [-0.3, -0.25) is 0 Å². The highest BCUT2D eigenvalue weighted by atomic mass is 15.2. The van der Waals surface area contributed by atoms with Crippen molar-refractivity contribution >= 4 is 0 Å². The Morgan fingerprint density at radius 2 is 2.09 bits per heavy atom. The molecule has 0 spiro atoms. The van der Waals surface area contributed by atoms with E-state index < -0.39 is 0 Å². The lowest BCUT2D eigenvalue weighted by Crippen LogP contribution is -2.60. The Labute approximate surface area is 70.8 Å². The van der Waals surface area contributed by atoms with Crippen molar-refractivity contribution in [1.82, 2.24) is 4.90 Å². The lowest BCUT2D eigenvalue weighted by molar-refractivity contribution is -0.0353. The molecule has 1 aliphatic rings. The van der Waals surface area contributed by atoms with Gasteiger partial charge in [0, 0.05) is 12.1 Å². The van der Waals surface area contributed by atoms with Gasteiger partial charge in [-0.25, -0.2) is 0 Å². The van der Waals surface area contributed by atoms with Crippen LogP contribution in [0.5, 0.6) is 0 Å². The van der Waals surface area contributed by atoms with Crippen LogP contribution in [-0.2, 0) is 0 Å². The highest BCUT2D eigenvalue weighted by molar-refractivity contribution is 4.99. The molecule has 0 aromatic heterocycles. The van der Waals surface area contributed by atoms with Crippen LogP contribution in [0.4, 0.5) is 0 Å². The summed E-state index contributed by atoms with van der Waals surface area (Å²) in [4.78, 5) is 2.53. The normalized spacial score (nSPS) is 32.5. The minimum absolute atomic E-state index is 0.564. The van der Waals surface area contributed by atoms with Gasteiger partial charge in [0.05, 0.1) is 0 Å². The molecule has 0 aromatic rings. The first-order valence-electron chi connectivity index (χ1n) is 4.84. The standard InChI is InChI=1S/C10H21N/c1-5-6-10(9(2)3)7-8-11(10)4/h9H,5-8H2,1-4H3. The van der Waals surface area contributed by atoms with Gasteiger partial charge < -0.3 is 4.90 Å². The van der Waals surface area contributed by atoms with Crippen molar-refractivity contribution in [3.05, 3.63) is 0 Å². The summed E-state index contributed by atoms with van der Waals surface area (Å²) in [5.74, 6) is 0.821. The van der Waals surface area contributed by atoms with E-state index in [1.165, 1.54) is 25.8 Å². The van der Waals surface area contributed by atoms with Crippen molar-refractivity contribution in [3.63, 3.8) is 0 Å². The molecule has 0 bridgehead atoms. The molecule has 1 atom stereocenters. The largest absolute Gasteiger partial charge is 0.300 e. The van der Waals surface area contributed by atoms with Crippen LogP contribution in [0.3, 0.4) is 0 Å². The predicted octanol–water partition coefficient (Wildman–Crippen LogP) is 2.52. The molecular formula is C10H21N. The van der Waals surface area contributed by atoms with E-state index in [-0.39, 0.29) is 0 Å². The van der Waals surface area contributed by atoms with Crippen molar-refractivity contribution in [2.45, 2.75) is 45.6 Å². The van der Waals surface area contributed by atoms with Crippen molar-refractivity contribution in [2.75, 3.05) is 13.6 Å². The van der Waals surface area contributed by atoms with Gasteiger partial charge in [0.15, 0.2) is 0 Å². The first-order valence-corrected chi connectivity index (χ1v) is 4.84. The van der Waals surface area contributed by atoms with Crippen LogP contribution in [0, 0.1) is 5.92 Å². The molecule has 1 heterocycles. The molecule has 1 unspecified atom stereocenters. The fraction of sp³-hybridized carbons (Fsp3) is 1.00. The maximum Gasteiger partial charge on any atom is 0.0241 e. The Morgan fingerprint density at radius 1 is 1.45 bits per heavy atom. The summed E-state index contributed by atoms with van der Waals surface area (Å²) in [7, 11) is 2.26. The molecule has 1 rings (SSSR count). The summed E-state index contributed by atoms with van der Waals surface area (Å²) >= 11 is 0. The average molecular weight is 155 g/mol. The molecule has 0 aromatic carbocycles. The third-order valence-corrected chi connectivity index (χ3v) is 3.40. The Morgan fingerprint density at radius 3 is 2.18 bits per heavy atom. The van der Waals surface area contributed by atoms with Crippen LogP contribution in [0.2, 0.25) is 0 Å². The summed E-state index contributed by atoms with van der Waals surface area (Å²) in [5, 5.41) is 0. The summed E-state index contributed by atoms with van der Waals surface area (Å²) in [6, 6.07) is 0. The molecule has 0 radical (unpaired) electrons. The van der Waals surface area contributed by atoms with Crippen LogP contribution in [0.1, 0.15) is 40.0 Å².